The maximum Gasteiger partial charge on any atom is 0.336 e. The molecular weight excluding hydrogens is 494 g/mol. The van der Waals surface area contributed by atoms with Crippen LogP contribution in [0.2, 0.25) is 0 Å². The fraction of sp³-hybridized carbons (Fsp3) is 0.222. The Hall–Kier alpha value is -3.45. The SMILES string of the molecule is Cc1cc(C)c2nc(C3CC3)n(Cc3ccc4c(-c5ccccc5C(=O)O)oc(Br)c4c3)c2n1. The lowest BCUT2D eigenvalue weighted by atomic mass is 10.0. The lowest BCUT2D eigenvalue weighted by molar-refractivity contribution is 0.0697. The first-order valence-corrected chi connectivity index (χ1v) is 12.1. The molecule has 0 amide bonds. The largest absolute Gasteiger partial charge is 0.478 e. The minimum absolute atomic E-state index is 0.213. The van der Waals surface area contributed by atoms with Gasteiger partial charge in [-0.2, -0.15) is 0 Å². The zero-order chi connectivity index (χ0) is 23.6. The first kappa shape index (κ1) is 21.1. The van der Waals surface area contributed by atoms with Gasteiger partial charge in [-0.3, -0.25) is 0 Å². The molecule has 3 aromatic heterocycles. The number of aromatic carboxylic acids is 1. The Balaban J connectivity index is 1.46. The van der Waals surface area contributed by atoms with E-state index in [1.54, 1.807) is 18.2 Å². The van der Waals surface area contributed by atoms with E-state index in [2.05, 4.69) is 45.6 Å². The number of carboxylic acid groups (broad SMARTS) is 1. The number of fused-ring (bicyclic) bond motifs is 2. The Morgan fingerprint density at radius 3 is 2.68 bits per heavy atom. The summed E-state index contributed by atoms with van der Waals surface area (Å²) >= 11 is 3.55. The molecule has 6 nitrogen and oxygen atoms in total. The zero-order valence-corrected chi connectivity index (χ0v) is 20.4. The quantitative estimate of drug-likeness (QED) is 0.276. The van der Waals surface area contributed by atoms with E-state index < -0.39 is 5.97 Å². The van der Waals surface area contributed by atoms with Crippen molar-refractivity contribution in [3.05, 3.63) is 81.4 Å². The Morgan fingerprint density at radius 1 is 1.12 bits per heavy atom. The van der Waals surface area contributed by atoms with Crippen LogP contribution in [-0.2, 0) is 6.54 Å². The predicted octanol–water partition coefficient (Wildman–Crippen LogP) is 6.85. The second-order valence-corrected chi connectivity index (χ2v) is 9.74. The monoisotopic (exact) mass is 515 g/mol. The fourth-order valence-corrected chi connectivity index (χ4v) is 5.22. The van der Waals surface area contributed by atoms with Crippen molar-refractivity contribution in [2.24, 2.45) is 0 Å². The summed E-state index contributed by atoms with van der Waals surface area (Å²) in [5, 5.41) is 11.4. The van der Waals surface area contributed by atoms with Crippen LogP contribution in [0, 0.1) is 13.8 Å². The van der Waals surface area contributed by atoms with Crippen LogP contribution in [0.1, 0.15) is 51.8 Å². The molecule has 0 bridgehead atoms. The first-order valence-electron chi connectivity index (χ1n) is 11.3. The average Bonchev–Trinajstić information content (AvgIpc) is 3.53. The Morgan fingerprint density at radius 2 is 1.91 bits per heavy atom. The van der Waals surface area contributed by atoms with Gasteiger partial charge in [0.15, 0.2) is 10.3 Å². The van der Waals surface area contributed by atoms with Crippen LogP contribution < -0.4 is 0 Å². The van der Waals surface area contributed by atoms with E-state index in [1.807, 2.05) is 19.1 Å². The standard InChI is InChI=1S/C27H22BrN3O3/c1-14-11-15(2)29-26-22(14)30-25(17-8-9-17)31(26)13-16-7-10-19-21(12-16)24(28)34-23(19)18-5-3-4-6-20(18)27(32)33/h3-7,10-12,17H,8-9,13H2,1-2H3,(H,32,33). The van der Waals surface area contributed by atoms with Crippen molar-refractivity contribution in [2.75, 3.05) is 0 Å². The van der Waals surface area contributed by atoms with Crippen LogP contribution in [-0.4, -0.2) is 25.6 Å². The molecule has 1 aliphatic rings. The molecule has 1 fully saturated rings. The second kappa shape index (κ2) is 7.81. The zero-order valence-electron chi connectivity index (χ0n) is 18.8. The third kappa shape index (κ3) is 3.42. The molecule has 1 N–H and O–H groups in total. The van der Waals surface area contributed by atoms with Gasteiger partial charge in [0, 0.05) is 27.9 Å². The summed E-state index contributed by atoms with van der Waals surface area (Å²) < 4.78 is 8.87. The van der Waals surface area contributed by atoms with E-state index in [4.69, 9.17) is 14.4 Å². The maximum absolute atomic E-state index is 11.7. The first-order chi connectivity index (χ1) is 16.4. The Labute approximate surface area is 204 Å². The molecule has 1 saturated carbocycles. The Bertz CT molecular complexity index is 1610. The lowest BCUT2D eigenvalue weighted by Crippen LogP contribution is -2.05. The minimum Gasteiger partial charge on any atom is -0.478 e. The number of hydrogen-bond donors (Lipinski definition) is 1. The molecular formula is C27H22BrN3O3. The van der Waals surface area contributed by atoms with Crippen molar-refractivity contribution < 1.29 is 14.3 Å². The average molecular weight is 516 g/mol. The van der Waals surface area contributed by atoms with Crippen molar-refractivity contribution in [1.82, 2.24) is 14.5 Å². The molecule has 0 spiro atoms. The van der Waals surface area contributed by atoms with Crippen LogP contribution in [0.5, 0.6) is 0 Å². The number of halogens is 1. The van der Waals surface area contributed by atoms with Gasteiger partial charge in [-0.05, 0) is 71.9 Å². The summed E-state index contributed by atoms with van der Waals surface area (Å²) in [7, 11) is 0. The van der Waals surface area contributed by atoms with Gasteiger partial charge < -0.3 is 14.1 Å². The normalized spacial score (nSPS) is 13.7. The molecule has 0 radical (unpaired) electrons. The number of aryl methyl sites for hydroxylation is 2. The number of nitrogens with zero attached hydrogens (tertiary/aromatic N) is 3. The van der Waals surface area contributed by atoms with Crippen LogP contribution in [0.25, 0.3) is 33.3 Å². The van der Waals surface area contributed by atoms with Gasteiger partial charge in [-0.15, -0.1) is 0 Å². The van der Waals surface area contributed by atoms with Gasteiger partial charge in [0.1, 0.15) is 17.1 Å². The van der Waals surface area contributed by atoms with Crippen LogP contribution in [0.3, 0.4) is 0 Å². The van der Waals surface area contributed by atoms with Gasteiger partial charge in [0.2, 0.25) is 0 Å². The van der Waals surface area contributed by atoms with Gasteiger partial charge in [0.05, 0.1) is 12.1 Å². The van der Waals surface area contributed by atoms with Gasteiger partial charge in [-0.25, -0.2) is 14.8 Å². The van der Waals surface area contributed by atoms with Crippen LogP contribution in [0.15, 0.2) is 57.6 Å². The van der Waals surface area contributed by atoms with Gasteiger partial charge in [0.25, 0.3) is 0 Å². The van der Waals surface area contributed by atoms with E-state index in [0.717, 1.165) is 44.6 Å². The molecule has 0 atom stereocenters. The number of rotatable bonds is 5. The van der Waals surface area contributed by atoms with Crippen LogP contribution >= 0.6 is 15.9 Å². The summed E-state index contributed by atoms with van der Waals surface area (Å²) in [6, 6.07) is 15.2. The molecule has 7 heteroatoms. The van der Waals surface area contributed by atoms with Crippen LogP contribution in [0.4, 0.5) is 0 Å². The van der Waals surface area contributed by atoms with E-state index >= 15 is 0 Å². The number of pyridine rings is 1. The molecule has 0 unspecified atom stereocenters. The topological polar surface area (TPSA) is 81.2 Å². The number of benzene rings is 2. The number of aromatic nitrogens is 3. The summed E-state index contributed by atoms with van der Waals surface area (Å²) in [4.78, 5) is 21.6. The van der Waals surface area contributed by atoms with Crippen molar-refractivity contribution in [3.63, 3.8) is 0 Å². The highest BCUT2D eigenvalue weighted by Gasteiger charge is 2.30. The number of hydrogen-bond acceptors (Lipinski definition) is 4. The smallest absolute Gasteiger partial charge is 0.336 e. The van der Waals surface area contributed by atoms with Gasteiger partial charge in [-0.1, -0.05) is 30.3 Å². The second-order valence-electron chi connectivity index (χ2n) is 9.02. The fourth-order valence-electron chi connectivity index (χ4n) is 4.73. The highest BCUT2D eigenvalue weighted by Crippen LogP contribution is 2.42. The highest BCUT2D eigenvalue weighted by atomic mass is 79.9. The van der Waals surface area contributed by atoms with E-state index in [-0.39, 0.29) is 5.56 Å². The van der Waals surface area contributed by atoms with Gasteiger partial charge >= 0.3 is 5.97 Å². The van der Waals surface area contributed by atoms with E-state index in [0.29, 0.717) is 28.5 Å². The minimum atomic E-state index is -0.981. The number of furan rings is 1. The molecule has 3 heterocycles. The van der Waals surface area contributed by atoms with E-state index in [1.165, 1.54) is 12.8 Å². The van der Waals surface area contributed by atoms with Crippen molar-refractivity contribution in [3.8, 4) is 11.3 Å². The highest BCUT2D eigenvalue weighted by molar-refractivity contribution is 9.10. The van der Waals surface area contributed by atoms with Crippen molar-refractivity contribution >= 4 is 43.8 Å². The Kier molecular flexibility index (Phi) is 4.85. The third-order valence-electron chi connectivity index (χ3n) is 6.47. The summed E-state index contributed by atoms with van der Waals surface area (Å²) in [6.07, 6.45) is 2.33. The number of imidazole rings is 1. The molecule has 0 aliphatic heterocycles. The maximum atomic E-state index is 11.7. The lowest BCUT2D eigenvalue weighted by Gasteiger charge is -2.09. The molecule has 1 aliphatic carbocycles. The van der Waals surface area contributed by atoms with Crippen molar-refractivity contribution in [1.29, 1.82) is 0 Å². The summed E-state index contributed by atoms with van der Waals surface area (Å²) in [6.45, 7) is 4.77. The molecule has 6 rings (SSSR count). The predicted molar refractivity (Wildman–Crippen MR) is 134 cm³/mol. The number of carboxylic acids is 1. The van der Waals surface area contributed by atoms with E-state index in [9.17, 15) is 9.90 Å². The summed E-state index contributed by atoms with van der Waals surface area (Å²) in [5.74, 6) is 1.17. The number of carbonyl (C=O) groups is 1. The molecule has 0 saturated heterocycles. The molecule has 5 aromatic rings. The molecule has 2 aromatic carbocycles. The summed E-state index contributed by atoms with van der Waals surface area (Å²) in [5.41, 5.74) is 5.93. The third-order valence-corrected chi connectivity index (χ3v) is 7.06. The molecule has 34 heavy (non-hydrogen) atoms. The van der Waals surface area contributed by atoms with Crippen molar-refractivity contribution in [2.45, 2.75) is 39.2 Å². The molecule has 170 valence electrons.